The molecule has 0 fully saturated rings. The van der Waals surface area contributed by atoms with E-state index in [0.717, 1.165) is 6.54 Å². The van der Waals surface area contributed by atoms with Gasteiger partial charge in [0.15, 0.2) is 0 Å². The van der Waals surface area contributed by atoms with Gasteiger partial charge in [0, 0.05) is 12.6 Å². The molecule has 0 aliphatic rings. The molecule has 19 heavy (non-hydrogen) atoms. The van der Waals surface area contributed by atoms with Crippen LogP contribution in [0.1, 0.15) is 70.4 Å². The SMILES string of the molecule is CCCCCC(c1ccccc1)N(N)CCCCC. The van der Waals surface area contributed by atoms with Crippen molar-refractivity contribution in [1.82, 2.24) is 5.01 Å². The first-order valence-electron chi connectivity index (χ1n) is 7.85. The van der Waals surface area contributed by atoms with Crippen LogP contribution < -0.4 is 5.84 Å². The van der Waals surface area contributed by atoms with Crippen molar-refractivity contribution in [2.45, 2.75) is 64.8 Å². The third-order valence-electron chi connectivity index (χ3n) is 3.69. The van der Waals surface area contributed by atoms with Crippen LogP contribution in [0.5, 0.6) is 0 Å². The molecule has 0 radical (unpaired) electrons. The third kappa shape index (κ3) is 6.22. The molecule has 1 unspecified atom stereocenters. The van der Waals surface area contributed by atoms with Crippen LogP contribution >= 0.6 is 0 Å². The van der Waals surface area contributed by atoms with Gasteiger partial charge in [-0.05, 0) is 18.4 Å². The van der Waals surface area contributed by atoms with Crippen molar-refractivity contribution in [3.8, 4) is 0 Å². The maximum Gasteiger partial charge on any atom is 0.0490 e. The Morgan fingerprint density at radius 3 is 2.21 bits per heavy atom. The van der Waals surface area contributed by atoms with Crippen molar-refractivity contribution in [1.29, 1.82) is 0 Å². The second-order valence-electron chi connectivity index (χ2n) is 5.37. The minimum Gasteiger partial charge on any atom is -0.268 e. The molecule has 0 bridgehead atoms. The molecule has 2 nitrogen and oxygen atoms in total. The highest BCUT2D eigenvalue weighted by atomic mass is 15.4. The maximum atomic E-state index is 6.31. The fourth-order valence-corrected chi connectivity index (χ4v) is 2.49. The molecule has 1 rings (SSSR count). The van der Waals surface area contributed by atoms with Crippen LogP contribution in [0, 0.1) is 0 Å². The first-order chi connectivity index (χ1) is 9.29. The Hall–Kier alpha value is -0.860. The van der Waals surface area contributed by atoms with Gasteiger partial charge in [-0.1, -0.05) is 76.3 Å². The molecule has 0 saturated carbocycles. The summed E-state index contributed by atoms with van der Waals surface area (Å²) in [4.78, 5) is 0. The number of rotatable bonds is 10. The molecule has 2 N–H and O–H groups in total. The lowest BCUT2D eigenvalue weighted by Crippen LogP contribution is -2.36. The van der Waals surface area contributed by atoms with Crippen LogP contribution in [0.3, 0.4) is 0 Å². The van der Waals surface area contributed by atoms with E-state index in [9.17, 15) is 0 Å². The lowest BCUT2D eigenvalue weighted by Gasteiger charge is -2.28. The van der Waals surface area contributed by atoms with Gasteiger partial charge < -0.3 is 0 Å². The highest BCUT2D eigenvalue weighted by Gasteiger charge is 2.16. The summed E-state index contributed by atoms with van der Waals surface area (Å²) in [6.45, 7) is 5.48. The van der Waals surface area contributed by atoms with E-state index in [4.69, 9.17) is 5.84 Å². The van der Waals surface area contributed by atoms with Crippen LogP contribution in [0.2, 0.25) is 0 Å². The van der Waals surface area contributed by atoms with Gasteiger partial charge in [0.25, 0.3) is 0 Å². The summed E-state index contributed by atoms with van der Waals surface area (Å²) in [7, 11) is 0. The average molecular weight is 262 g/mol. The first-order valence-corrected chi connectivity index (χ1v) is 7.85. The summed E-state index contributed by atoms with van der Waals surface area (Å²) in [5.41, 5.74) is 1.36. The molecule has 1 aromatic carbocycles. The number of hydrogen-bond donors (Lipinski definition) is 1. The van der Waals surface area contributed by atoms with Gasteiger partial charge in [0.2, 0.25) is 0 Å². The molecule has 0 aromatic heterocycles. The summed E-state index contributed by atoms with van der Waals surface area (Å²) >= 11 is 0. The zero-order valence-corrected chi connectivity index (χ0v) is 12.6. The van der Waals surface area contributed by atoms with E-state index >= 15 is 0 Å². The fourth-order valence-electron chi connectivity index (χ4n) is 2.49. The summed E-state index contributed by atoms with van der Waals surface area (Å²) in [6, 6.07) is 11.1. The van der Waals surface area contributed by atoms with Gasteiger partial charge >= 0.3 is 0 Å². The highest BCUT2D eigenvalue weighted by molar-refractivity contribution is 5.18. The molecule has 108 valence electrons. The van der Waals surface area contributed by atoms with Gasteiger partial charge in [-0.15, -0.1) is 0 Å². The average Bonchev–Trinajstić information content (AvgIpc) is 2.45. The Balaban J connectivity index is 2.58. The Morgan fingerprint density at radius 2 is 1.58 bits per heavy atom. The number of unbranched alkanes of at least 4 members (excludes halogenated alkanes) is 4. The summed E-state index contributed by atoms with van der Waals surface area (Å²) in [5.74, 6) is 6.31. The van der Waals surface area contributed by atoms with Gasteiger partial charge in [-0.25, -0.2) is 5.01 Å². The zero-order chi connectivity index (χ0) is 13.9. The van der Waals surface area contributed by atoms with Crippen molar-refractivity contribution in [2.24, 2.45) is 5.84 Å². The summed E-state index contributed by atoms with van der Waals surface area (Å²) in [5, 5.41) is 2.06. The van der Waals surface area contributed by atoms with E-state index < -0.39 is 0 Å². The van der Waals surface area contributed by atoms with E-state index in [1.807, 2.05) is 0 Å². The molecule has 0 spiro atoms. The summed E-state index contributed by atoms with van der Waals surface area (Å²) < 4.78 is 0. The second kappa shape index (κ2) is 9.99. The monoisotopic (exact) mass is 262 g/mol. The molecule has 0 amide bonds. The third-order valence-corrected chi connectivity index (χ3v) is 3.69. The maximum absolute atomic E-state index is 6.31. The van der Waals surface area contributed by atoms with E-state index in [2.05, 4.69) is 49.2 Å². The molecule has 1 aromatic rings. The van der Waals surface area contributed by atoms with Crippen molar-refractivity contribution in [3.63, 3.8) is 0 Å². The lowest BCUT2D eigenvalue weighted by atomic mass is 9.99. The van der Waals surface area contributed by atoms with E-state index in [0.29, 0.717) is 6.04 Å². The Kier molecular flexibility index (Phi) is 8.52. The van der Waals surface area contributed by atoms with Crippen molar-refractivity contribution in [3.05, 3.63) is 35.9 Å². The molecular formula is C17H30N2. The topological polar surface area (TPSA) is 29.3 Å². The van der Waals surface area contributed by atoms with Crippen LogP contribution in [-0.2, 0) is 0 Å². The largest absolute Gasteiger partial charge is 0.268 e. The Labute approximate surface area is 119 Å². The van der Waals surface area contributed by atoms with E-state index in [-0.39, 0.29) is 0 Å². The first kappa shape index (κ1) is 16.2. The number of nitrogens with two attached hydrogens (primary N) is 1. The van der Waals surface area contributed by atoms with Crippen LogP contribution in [0.15, 0.2) is 30.3 Å². The molecule has 0 aliphatic carbocycles. The number of hydrogen-bond acceptors (Lipinski definition) is 2. The van der Waals surface area contributed by atoms with E-state index in [1.54, 1.807) is 0 Å². The molecule has 1 atom stereocenters. The van der Waals surface area contributed by atoms with Crippen molar-refractivity contribution in [2.75, 3.05) is 6.54 Å². The normalized spacial score (nSPS) is 12.8. The van der Waals surface area contributed by atoms with Crippen LogP contribution in [0.4, 0.5) is 0 Å². The minimum absolute atomic E-state index is 0.379. The molecular weight excluding hydrogens is 232 g/mol. The lowest BCUT2D eigenvalue weighted by molar-refractivity contribution is 0.184. The number of nitrogens with zero attached hydrogens (tertiary/aromatic N) is 1. The van der Waals surface area contributed by atoms with Gasteiger partial charge in [0.1, 0.15) is 0 Å². The predicted molar refractivity (Wildman–Crippen MR) is 83.7 cm³/mol. The molecule has 0 aliphatic heterocycles. The fraction of sp³-hybridized carbons (Fsp3) is 0.647. The number of benzene rings is 1. The zero-order valence-electron chi connectivity index (χ0n) is 12.6. The van der Waals surface area contributed by atoms with Crippen LogP contribution in [0.25, 0.3) is 0 Å². The standard InChI is InChI=1S/C17H30N2/c1-3-5-8-14-17(16-12-9-7-10-13-16)19(18)15-11-6-4-2/h7,9-10,12-13,17H,3-6,8,11,14-15,18H2,1-2H3. The second-order valence-corrected chi connectivity index (χ2v) is 5.37. The summed E-state index contributed by atoms with van der Waals surface area (Å²) in [6.07, 6.45) is 8.71. The van der Waals surface area contributed by atoms with E-state index in [1.165, 1.54) is 50.5 Å². The van der Waals surface area contributed by atoms with Crippen molar-refractivity contribution >= 4 is 0 Å². The number of hydrazine groups is 1. The predicted octanol–water partition coefficient (Wildman–Crippen LogP) is 4.67. The highest BCUT2D eigenvalue weighted by Crippen LogP contribution is 2.24. The van der Waals surface area contributed by atoms with Gasteiger partial charge in [0.05, 0.1) is 0 Å². The molecule has 0 saturated heterocycles. The van der Waals surface area contributed by atoms with Crippen LogP contribution in [-0.4, -0.2) is 11.6 Å². The van der Waals surface area contributed by atoms with Crippen molar-refractivity contribution < 1.29 is 0 Å². The Morgan fingerprint density at radius 1 is 0.947 bits per heavy atom. The quantitative estimate of drug-likeness (QED) is 0.377. The smallest absolute Gasteiger partial charge is 0.0490 e. The molecule has 2 heteroatoms. The Bertz CT molecular complexity index is 310. The van der Waals surface area contributed by atoms with Gasteiger partial charge in [-0.2, -0.15) is 0 Å². The van der Waals surface area contributed by atoms with Gasteiger partial charge in [-0.3, -0.25) is 5.84 Å². The minimum atomic E-state index is 0.379. The molecule has 0 heterocycles.